The van der Waals surface area contributed by atoms with Gasteiger partial charge in [-0.05, 0) is 19.4 Å². The number of Topliss-reactive ketones (excluding diaryl/α,β-unsaturated/α-hetero) is 1. The minimum absolute atomic E-state index is 0.143. The van der Waals surface area contributed by atoms with Crippen molar-refractivity contribution in [1.82, 2.24) is 0 Å². The molecule has 60 valence electrons. The summed E-state index contributed by atoms with van der Waals surface area (Å²) in [6.45, 7) is 3.05. The zero-order valence-electron chi connectivity index (χ0n) is 6.51. The van der Waals surface area contributed by atoms with Gasteiger partial charge >= 0.3 is 0 Å². The number of ketones is 1. The highest BCUT2D eigenvalue weighted by Crippen LogP contribution is 2.28. The molecule has 1 aliphatic rings. The predicted octanol–water partition coefficient (Wildman–Crippen LogP) is 1.62. The van der Waals surface area contributed by atoms with E-state index in [0.717, 1.165) is 0 Å². The first-order valence-electron chi connectivity index (χ1n) is 3.36. The van der Waals surface area contributed by atoms with Gasteiger partial charge < -0.3 is 10.2 Å². The van der Waals surface area contributed by atoms with Crippen LogP contribution in [0.4, 0.5) is 0 Å². The maximum Gasteiger partial charge on any atom is 0.164 e. The third kappa shape index (κ3) is 1.13. The number of hydrogen-bond acceptors (Lipinski definition) is 3. The number of carbonyl (C=O) groups excluding carboxylic acids is 1. The Bertz CT molecular complexity index is 271. The van der Waals surface area contributed by atoms with Crippen LogP contribution in [0.2, 0.25) is 0 Å². The molecule has 0 saturated heterocycles. The van der Waals surface area contributed by atoms with E-state index in [9.17, 15) is 4.79 Å². The first-order valence-corrected chi connectivity index (χ1v) is 3.36. The van der Waals surface area contributed by atoms with Crippen molar-refractivity contribution in [2.45, 2.75) is 20.3 Å². The number of aliphatic hydroxyl groups is 2. The lowest BCUT2D eigenvalue weighted by atomic mass is 10.1. The molecule has 0 radical (unpaired) electrons. The van der Waals surface area contributed by atoms with Crippen molar-refractivity contribution in [1.29, 1.82) is 0 Å². The van der Waals surface area contributed by atoms with Crippen LogP contribution in [0.3, 0.4) is 0 Å². The van der Waals surface area contributed by atoms with Crippen molar-refractivity contribution in [2.75, 3.05) is 0 Å². The summed E-state index contributed by atoms with van der Waals surface area (Å²) in [7, 11) is 0. The lowest BCUT2D eigenvalue weighted by Crippen LogP contribution is -1.97. The van der Waals surface area contributed by atoms with E-state index in [1.54, 1.807) is 6.92 Å². The molecule has 0 heterocycles. The molecule has 0 unspecified atom stereocenters. The van der Waals surface area contributed by atoms with Gasteiger partial charge in [0.05, 0.1) is 0 Å². The molecule has 3 nitrogen and oxygen atoms in total. The molecule has 0 spiro atoms. The van der Waals surface area contributed by atoms with Crippen LogP contribution in [0.1, 0.15) is 20.3 Å². The summed E-state index contributed by atoms with van der Waals surface area (Å²) in [6, 6.07) is 0. The third-order valence-corrected chi connectivity index (χ3v) is 1.78. The summed E-state index contributed by atoms with van der Waals surface area (Å²) in [4.78, 5) is 10.8. The lowest BCUT2D eigenvalue weighted by molar-refractivity contribution is -0.113. The van der Waals surface area contributed by atoms with Crippen molar-refractivity contribution in [3.05, 3.63) is 22.7 Å². The summed E-state index contributed by atoms with van der Waals surface area (Å²) >= 11 is 0. The fourth-order valence-corrected chi connectivity index (χ4v) is 1.07. The number of rotatable bonds is 1. The predicted molar refractivity (Wildman–Crippen MR) is 40.3 cm³/mol. The Balaban J connectivity index is 3.02. The maximum atomic E-state index is 10.8. The van der Waals surface area contributed by atoms with Gasteiger partial charge in [0.2, 0.25) is 0 Å². The van der Waals surface area contributed by atoms with Crippen molar-refractivity contribution in [2.24, 2.45) is 0 Å². The van der Waals surface area contributed by atoms with Gasteiger partial charge in [-0.3, -0.25) is 4.79 Å². The monoisotopic (exact) mass is 154 g/mol. The molecule has 3 heteroatoms. The molecule has 1 rings (SSSR count). The summed E-state index contributed by atoms with van der Waals surface area (Å²) in [5.41, 5.74) is 0.952. The summed E-state index contributed by atoms with van der Waals surface area (Å²) in [5.74, 6) is -0.587. The average Bonchev–Trinajstić information content (AvgIpc) is 2.17. The molecule has 0 aromatic carbocycles. The third-order valence-electron chi connectivity index (χ3n) is 1.78. The largest absolute Gasteiger partial charge is 0.504 e. The van der Waals surface area contributed by atoms with Gasteiger partial charge in [0.1, 0.15) is 0 Å². The minimum atomic E-state index is -0.255. The van der Waals surface area contributed by atoms with Crippen LogP contribution in [0.25, 0.3) is 0 Å². The Labute approximate surface area is 64.7 Å². The maximum absolute atomic E-state index is 10.8. The van der Waals surface area contributed by atoms with E-state index in [2.05, 4.69) is 0 Å². The van der Waals surface area contributed by atoms with Crippen LogP contribution in [0.5, 0.6) is 0 Å². The van der Waals surface area contributed by atoms with E-state index < -0.39 is 0 Å². The summed E-state index contributed by atoms with van der Waals surface area (Å²) in [5, 5.41) is 18.3. The molecular formula is C8H10O3. The Morgan fingerprint density at radius 1 is 1.36 bits per heavy atom. The molecule has 0 fully saturated rings. The fourth-order valence-electron chi connectivity index (χ4n) is 1.07. The molecule has 0 aliphatic heterocycles. The fraction of sp³-hybridized carbons (Fsp3) is 0.375. The number of allylic oxidation sites excluding steroid dienone is 2. The van der Waals surface area contributed by atoms with Gasteiger partial charge in [0.15, 0.2) is 17.3 Å². The van der Waals surface area contributed by atoms with Crippen molar-refractivity contribution in [3.63, 3.8) is 0 Å². The SMILES string of the molecule is CC(=O)C1=C(O)C(O)=C(C)C1. The van der Waals surface area contributed by atoms with E-state index in [-0.39, 0.29) is 17.3 Å². The van der Waals surface area contributed by atoms with Crippen molar-refractivity contribution < 1.29 is 15.0 Å². The molecule has 0 saturated carbocycles. The van der Waals surface area contributed by atoms with Crippen LogP contribution in [0, 0.1) is 0 Å². The average molecular weight is 154 g/mol. The first-order chi connectivity index (χ1) is 5.04. The van der Waals surface area contributed by atoms with Crippen LogP contribution in [0.15, 0.2) is 22.7 Å². The van der Waals surface area contributed by atoms with Gasteiger partial charge in [-0.25, -0.2) is 0 Å². The van der Waals surface area contributed by atoms with Crippen LogP contribution in [-0.2, 0) is 4.79 Å². The Kier molecular flexibility index (Phi) is 1.72. The first kappa shape index (κ1) is 7.85. The standard InChI is InChI=1S/C8H10O3/c1-4-3-6(5(2)9)8(11)7(4)10/h10-11H,3H2,1-2H3. The van der Waals surface area contributed by atoms with Gasteiger partial charge in [-0.1, -0.05) is 0 Å². The van der Waals surface area contributed by atoms with Crippen LogP contribution < -0.4 is 0 Å². The minimum Gasteiger partial charge on any atom is -0.504 e. The van der Waals surface area contributed by atoms with Gasteiger partial charge in [-0.2, -0.15) is 0 Å². The summed E-state index contributed by atoms with van der Waals surface area (Å²) in [6.07, 6.45) is 0.368. The Morgan fingerprint density at radius 3 is 2.09 bits per heavy atom. The van der Waals surface area contributed by atoms with Crippen molar-refractivity contribution in [3.8, 4) is 0 Å². The van der Waals surface area contributed by atoms with Gasteiger partial charge in [0, 0.05) is 12.0 Å². The zero-order valence-corrected chi connectivity index (χ0v) is 6.51. The smallest absolute Gasteiger partial charge is 0.164 e. The van der Waals surface area contributed by atoms with E-state index in [0.29, 0.717) is 17.6 Å². The molecule has 0 bridgehead atoms. The van der Waals surface area contributed by atoms with Gasteiger partial charge in [-0.15, -0.1) is 0 Å². The van der Waals surface area contributed by atoms with E-state index in [1.807, 2.05) is 0 Å². The van der Waals surface area contributed by atoms with E-state index >= 15 is 0 Å². The lowest BCUT2D eigenvalue weighted by Gasteiger charge is -1.95. The molecule has 11 heavy (non-hydrogen) atoms. The van der Waals surface area contributed by atoms with Crippen LogP contribution in [-0.4, -0.2) is 16.0 Å². The molecule has 2 N–H and O–H groups in total. The van der Waals surface area contributed by atoms with E-state index in [4.69, 9.17) is 10.2 Å². The molecule has 0 atom stereocenters. The second kappa shape index (κ2) is 2.42. The molecular weight excluding hydrogens is 144 g/mol. The highest BCUT2D eigenvalue weighted by atomic mass is 16.3. The molecule has 1 aliphatic carbocycles. The summed E-state index contributed by atoms with van der Waals surface area (Å²) < 4.78 is 0. The molecule has 0 amide bonds. The molecule has 0 aromatic heterocycles. The number of hydrogen-bond donors (Lipinski definition) is 2. The van der Waals surface area contributed by atoms with Gasteiger partial charge in [0.25, 0.3) is 0 Å². The molecule has 0 aromatic rings. The zero-order chi connectivity index (χ0) is 8.59. The normalized spacial score (nSPS) is 18.0. The second-order valence-electron chi connectivity index (χ2n) is 2.69. The Morgan fingerprint density at radius 2 is 1.91 bits per heavy atom. The van der Waals surface area contributed by atoms with Crippen molar-refractivity contribution >= 4 is 5.78 Å². The second-order valence-corrected chi connectivity index (χ2v) is 2.69. The topological polar surface area (TPSA) is 57.5 Å². The van der Waals surface area contributed by atoms with E-state index in [1.165, 1.54) is 6.92 Å². The quantitative estimate of drug-likeness (QED) is 0.603. The van der Waals surface area contributed by atoms with Crippen LogP contribution >= 0.6 is 0 Å². The highest BCUT2D eigenvalue weighted by molar-refractivity contribution is 5.95. The Hall–Kier alpha value is -1.25. The number of aliphatic hydroxyl groups excluding tert-OH is 2. The number of carbonyl (C=O) groups is 1. The highest BCUT2D eigenvalue weighted by Gasteiger charge is 2.23.